The Kier molecular flexibility index (Phi) is 3.99. The van der Waals surface area contributed by atoms with E-state index >= 15 is 0 Å². The topological polar surface area (TPSA) is 88.2 Å². The molecule has 2 aromatic rings. The van der Waals surface area contributed by atoms with E-state index in [1.165, 1.54) is 0 Å². The van der Waals surface area contributed by atoms with Crippen molar-refractivity contribution in [3.63, 3.8) is 0 Å². The fourth-order valence-electron chi connectivity index (χ4n) is 2.05. The van der Waals surface area contributed by atoms with Crippen molar-refractivity contribution in [1.29, 1.82) is 0 Å². The highest BCUT2D eigenvalue weighted by Crippen LogP contribution is 2.30. The molecule has 0 spiro atoms. The minimum atomic E-state index is -0.922. The van der Waals surface area contributed by atoms with Crippen molar-refractivity contribution in [3.05, 3.63) is 29.4 Å². The Balaban J connectivity index is 2.52. The molecular formula is C14H16ClN3O2. The van der Waals surface area contributed by atoms with Crippen LogP contribution in [0.3, 0.4) is 0 Å². The Hall–Kier alpha value is -2.01. The average Bonchev–Trinajstić information content (AvgIpc) is 2.35. The van der Waals surface area contributed by atoms with Gasteiger partial charge in [-0.05, 0) is 24.1 Å². The number of halogens is 1. The maximum atomic E-state index is 11.3. The molecule has 1 unspecified atom stereocenters. The molecular weight excluding hydrogens is 278 g/mol. The quantitative estimate of drug-likeness (QED) is 0.754. The normalized spacial score (nSPS) is 12.6. The van der Waals surface area contributed by atoms with Crippen LogP contribution < -0.4 is 11.1 Å². The molecule has 0 amide bonds. The van der Waals surface area contributed by atoms with Crippen LogP contribution in [-0.4, -0.2) is 22.1 Å². The van der Waals surface area contributed by atoms with Gasteiger partial charge in [-0.15, -0.1) is 0 Å². The number of rotatable bonds is 4. The molecule has 1 heterocycles. The van der Waals surface area contributed by atoms with Crippen molar-refractivity contribution in [2.24, 2.45) is 5.92 Å². The maximum Gasteiger partial charge on any atom is 0.326 e. The van der Waals surface area contributed by atoms with Gasteiger partial charge in [0.1, 0.15) is 11.9 Å². The Morgan fingerprint density at radius 1 is 1.40 bits per heavy atom. The van der Waals surface area contributed by atoms with E-state index in [0.29, 0.717) is 21.9 Å². The molecule has 1 aromatic heterocycles. The minimum Gasteiger partial charge on any atom is -0.480 e. The zero-order valence-electron chi connectivity index (χ0n) is 11.2. The lowest BCUT2D eigenvalue weighted by molar-refractivity contribution is -0.138. The minimum absolute atomic E-state index is 0.0823. The summed E-state index contributed by atoms with van der Waals surface area (Å²) >= 11 is 6.01. The number of nitrogens with zero attached hydrogens (tertiary/aromatic N) is 1. The van der Waals surface area contributed by atoms with Crippen LogP contribution in [0, 0.1) is 5.92 Å². The van der Waals surface area contributed by atoms with E-state index in [0.717, 1.165) is 5.39 Å². The van der Waals surface area contributed by atoms with Crippen LogP contribution in [0.15, 0.2) is 24.4 Å². The first-order valence-corrected chi connectivity index (χ1v) is 6.61. The Bertz CT molecular complexity index is 658. The number of benzene rings is 1. The van der Waals surface area contributed by atoms with Gasteiger partial charge in [0.05, 0.1) is 0 Å². The summed E-state index contributed by atoms with van der Waals surface area (Å²) in [7, 11) is 0. The SMILES string of the molecule is CC(C)C(Nc1nccc2c(N)cc(Cl)cc12)C(=O)O. The second-order valence-corrected chi connectivity index (χ2v) is 5.39. The van der Waals surface area contributed by atoms with Gasteiger partial charge < -0.3 is 16.2 Å². The summed E-state index contributed by atoms with van der Waals surface area (Å²) in [6, 6.07) is 4.43. The molecule has 0 bridgehead atoms. The van der Waals surface area contributed by atoms with Crippen LogP contribution in [0.2, 0.25) is 5.02 Å². The predicted octanol–water partition coefficient (Wildman–Crippen LogP) is 2.99. The number of fused-ring (bicyclic) bond motifs is 1. The third-order valence-electron chi connectivity index (χ3n) is 3.10. The molecule has 1 aromatic carbocycles. The highest BCUT2D eigenvalue weighted by atomic mass is 35.5. The van der Waals surface area contributed by atoms with Crippen molar-refractivity contribution in [3.8, 4) is 0 Å². The molecule has 0 aliphatic rings. The third-order valence-corrected chi connectivity index (χ3v) is 3.32. The van der Waals surface area contributed by atoms with Crippen molar-refractivity contribution in [2.75, 3.05) is 11.1 Å². The largest absolute Gasteiger partial charge is 0.480 e. The number of anilines is 2. The van der Waals surface area contributed by atoms with E-state index in [9.17, 15) is 9.90 Å². The molecule has 4 N–H and O–H groups in total. The van der Waals surface area contributed by atoms with Crippen LogP contribution in [0.25, 0.3) is 10.8 Å². The van der Waals surface area contributed by atoms with Crippen molar-refractivity contribution < 1.29 is 9.90 Å². The van der Waals surface area contributed by atoms with Crippen LogP contribution in [0.1, 0.15) is 13.8 Å². The van der Waals surface area contributed by atoms with Gasteiger partial charge in [-0.1, -0.05) is 25.4 Å². The molecule has 0 saturated heterocycles. The monoisotopic (exact) mass is 293 g/mol. The number of nitrogen functional groups attached to an aromatic ring is 1. The molecule has 106 valence electrons. The van der Waals surface area contributed by atoms with E-state index in [4.69, 9.17) is 17.3 Å². The molecule has 20 heavy (non-hydrogen) atoms. The van der Waals surface area contributed by atoms with Crippen molar-refractivity contribution in [1.82, 2.24) is 4.98 Å². The van der Waals surface area contributed by atoms with Gasteiger partial charge in [-0.3, -0.25) is 0 Å². The zero-order chi connectivity index (χ0) is 14.9. The summed E-state index contributed by atoms with van der Waals surface area (Å²) in [4.78, 5) is 15.5. The van der Waals surface area contributed by atoms with Crippen molar-refractivity contribution >= 4 is 39.8 Å². The third kappa shape index (κ3) is 2.77. The van der Waals surface area contributed by atoms with Gasteiger partial charge in [-0.2, -0.15) is 0 Å². The van der Waals surface area contributed by atoms with Crippen LogP contribution >= 0.6 is 11.6 Å². The van der Waals surface area contributed by atoms with Gasteiger partial charge in [0.25, 0.3) is 0 Å². The number of carboxylic acid groups (broad SMARTS) is 1. The van der Waals surface area contributed by atoms with Crippen molar-refractivity contribution in [2.45, 2.75) is 19.9 Å². The maximum absolute atomic E-state index is 11.3. The molecule has 6 heteroatoms. The number of aliphatic carboxylic acids is 1. The standard InChI is InChI=1S/C14H16ClN3O2/c1-7(2)12(14(19)20)18-13-10-5-8(15)6-11(16)9(10)3-4-17-13/h3-7,12H,16H2,1-2H3,(H,17,18)(H,19,20). The summed E-state index contributed by atoms with van der Waals surface area (Å²) in [5, 5.41) is 14.2. The van der Waals surface area contributed by atoms with E-state index in [1.54, 1.807) is 24.4 Å². The zero-order valence-corrected chi connectivity index (χ0v) is 12.0. The molecule has 0 saturated carbocycles. The van der Waals surface area contributed by atoms with Gasteiger partial charge in [0.15, 0.2) is 0 Å². The number of aromatic nitrogens is 1. The molecule has 2 rings (SSSR count). The number of nitrogens with one attached hydrogen (secondary N) is 1. The molecule has 5 nitrogen and oxygen atoms in total. The molecule has 0 radical (unpaired) electrons. The lowest BCUT2D eigenvalue weighted by Gasteiger charge is -2.19. The number of carbonyl (C=O) groups is 1. The fourth-order valence-corrected chi connectivity index (χ4v) is 2.28. The van der Waals surface area contributed by atoms with E-state index in [-0.39, 0.29) is 5.92 Å². The lowest BCUT2D eigenvalue weighted by atomic mass is 10.0. The Morgan fingerprint density at radius 3 is 2.70 bits per heavy atom. The van der Waals surface area contributed by atoms with E-state index in [2.05, 4.69) is 10.3 Å². The van der Waals surface area contributed by atoms with Gasteiger partial charge in [0, 0.05) is 27.7 Å². The first-order valence-electron chi connectivity index (χ1n) is 6.23. The van der Waals surface area contributed by atoms with Crippen LogP contribution in [0.5, 0.6) is 0 Å². The number of pyridine rings is 1. The Labute approximate surface area is 121 Å². The van der Waals surface area contributed by atoms with E-state index < -0.39 is 12.0 Å². The van der Waals surface area contributed by atoms with Crippen LogP contribution in [-0.2, 0) is 4.79 Å². The summed E-state index contributed by atoms with van der Waals surface area (Å²) < 4.78 is 0. The van der Waals surface area contributed by atoms with Gasteiger partial charge in [0.2, 0.25) is 0 Å². The highest BCUT2D eigenvalue weighted by Gasteiger charge is 2.22. The molecule has 1 atom stereocenters. The van der Waals surface area contributed by atoms with E-state index in [1.807, 2.05) is 13.8 Å². The summed E-state index contributed by atoms with van der Waals surface area (Å²) in [6.07, 6.45) is 1.59. The highest BCUT2D eigenvalue weighted by molar-refractivity contribution is 6.32. The number of hydrogen-bond acceptors (Lipinski definition) is 4. The summed E-state index contributed by atoms with van der Waals surface area (Å²) in [5.74, 6) is -0.535. The van der Waals surface area contributed by atoms with Crippen LogP contribution in [0.4, 0.5) is 11.5 Å². The average molecular weight is 294 g/mol. The smallest absolute Gasteiger partial charge is 0.326 e. The number of nitrogens with two attached hydrogens (primary N) is 1. The van der Waals surface area contributed by atoms with Gasteiger partial charge in [-0.25, -0.2) is 9.78 Å². The molecule has 0 fully saturated rings. The Morgan fingerprint density at radius 2 is 2.10 bits per heavy atom. The first kappa shape index (κ1) is 14.4. The predicted molar refractivity (Wildman–Crippen MR) is 81.0 cm³/mol. The van der Waals surface area contributed by atoms with Gasteiger partial charge >= 0.3 is 5.97 Å². The second-order valence-electron chi connectivity index (χ2n) is 4.95. The lowest BCUT2D eigenvalue weighted by Crippen LogP contribution is -2.34. The summed E-state index contributed by atoms with van der Waals surface area (Å²) in [5.41, 5.74) is 6.46. The summed E-state index contributed by atoms with van der Waals surface area (Å²) in [6.45, 7) is 3.66. The molecule has 0 aliphatic heterocycles. The molecule has 0 aliphatic carbocycles. The fraction of sp³-hybridized carbons (Fsp3) is 0.286. The number of carboxylic acids is 1. The second kappa shape index (κ2) is 5.54. The number of hydrogen-bond donors (Lipinski definition) is 3. The first-order chi connectivity index (χ1) is 9.40.